The molecule has 1 aromatic heterocycles. The number of para-hydroxylation sites is 1. The number of likely N-dealkylation sites (tertiary alicyclic amines) is 1. The van der Waals surface area contributed by atoms with E-state index in [0.717, 1.165) is 10.9 Å². The summed E-state index contributed by atoms with van der Waals surface area (Å²) in [6.45, 7) is 7.21. The zero-order chi connectivity index (χ0) is 26.5. The van der Waals surface area contributed by atoms with Gasteiger partial charge in [-0.1, -0.05) is 39.0 Å². The summed E-state index contributed by atoms with van der Waals surface area (Å²) in [7, 11) is 0. The molecule has 0 bridgehead atoms. The van der Waals surface area contributed by atoms with Gasteiger partial charge in [0, 0.05) is 44.6 Å². The number of Topliss-reactive ketones (excluding diaryl/α,β-unsaturated/α-hetero) is 1. The standard InChI is InChI=1S/C26H33F3N4O3/c1-25(2,3)16-22(35)32-14-11-18(12-15-32)21(34)10-7-13-30-24(36)20-17-33(19-8-5-4-6-9-19)31-23(20)26(27,28)29/h4-6,8-9,17-18H,7,10-16H2,1-3H3,(H,30,36). The van der Waals surface area contributed by atoms with E-state index in [2.05, 4.69) is 10.4 Å². The maximum Gasteiger partial charge on any atom is 0.435 e. The van der Waals surface area contributed by atoms with Gasteiger partial charge in [-0.15, -0.1) is 0 Å². The number of carbonyl (C=O) groups excluding carboxylic acids is 3. The third kappa shape index (κ3) is 7.41. The molecule has 2 heterocycles. The van der Waals surface area contributed by atoms with Gasteiger partial charge in [0.2, 0.25) is 5.91 Å². The molecule has 0 radical (unpaired) electrons. The summed E-state index contributed by atoms with van der Waals surface area (Å²) in [6, 6.07) is 8.22. The number of benzene rings is 1. The van der Waals surface area contributed by atoms with Crippen molar-refractivity contribution in [3.05, 3.63) is 47.8 Å². The average molecular weight is 507 g/mol. The number of rotatable bonds is 8. The molecule has 0 spiro atoms. The van der Waals surface area contributed by atoms with Gasteiger partial charge < -0.3 is 10.2 Å². The molecule has 0 atom stereocenters. The number of nitrogens with zero attached hydrogens (tertiary/aromatic N) is 3. The van der Waals surface area contributed by atoms with Crippen molar-refractivity contribution in [2.75, 3.05) is 19.6 Å². The molecule has 7 nitrogen and oxygen atoms in total. The van der Waals surface area contributed by atoms with Crippen molar-refractivity contribution >= 4 is 17.6 Å². The molecule has 2 amide bonds. The third-order valence-corrected chi connectivity index (χ3v) is 6.12. The molecule has 3 rings (SSSR count). The molecule has 1 saturated heterocycles. The number of hydrogen-bond acceptors (Lipinski definition) is 4. The lowest BCUT2D eigenvalue weighted by Crippen LogP contribution is -2.41. The second-order valence-electron chi connectivity index (χ2n) is 10.4. The first-order valence-electron chi connectivity index (χ1n) is 12.2. The van der Waals surface area contributed by atoms with Crippen LogP contribution < -0.4 is 5.32 Å². The van der Waals surface area contributed by atoms with E-state index in [9.17, 15) is 27.6 Å². The number of amides is 2. The smallest absolute Gasteiger partial charge is 0.352 e. The van der Waals surface area contributed by atoms with Crippen molar-refractivity contribution < 1.29 is 27.6 Å². The van der Waals surface area contributed by atoms with E-state index in [4.69, 9.17) is 0 Å². The Hall–Kier alpha value is -3.17. The number of nitrogens with one attached hydrogen (secondary N) is 1. The van der Waals surface area contributed by atoms with Crippen LogP contribution in [-0.2, 0) is 15.8 Å². The molecular formula is C26H33F3N4O3. The normalized spacial score (nSPS) is 15.1. The van der Waals surface area contributed by atoms with Gasteiger partial charge in [0.1, 0.15) is 5.78 Å². The van der Waals surface area contributed by atoms with Gasteiger partial charge >= 0.3 is 6.18 Å². The highest BCUT2D eigenvalue weighted by Crippen LogP contribution is 2.31. The van der Waals surface area contributed by atoms with Crippen LogP contribution in [-0.4, -0.2) is 51.9 Å². The molecular weight excluding hydrogens is 473 g/mol. The first-order valence-corrected chi connectivity index (χ1v) is 12.2. The van der Waals surface area contributed by atoms with E-state index in [1.165, 1.54) is 0 Å². The van der Waals surface area contributed by atoms with Crippen molar-refractivity contribution in [1.82, 2.24) is 20.0 Å². The lowest BCUT2D eigenvalue weighted by atomic mass is 9.88. The topological polar surface area (TPSA) is 84.3 Å². The van der Waals surface area contributed by atoms with Crippen LogP contribution in [0.15, 0.2) is 36.5 Å². The van der Waals surface area contributed by atoms with E-state index in [1.54, 1.807) is 30.3 Å². The van der Waals surface area contributed by atoms with E-state index < -0.39 is 23.3 Å². The lowest BCUT2D eigenvalue weighted by molar-refractivity contribution is -0.141. The summed E-state index contributed by atoms with van der Waals surface area (Å²) in [5, 5.41) is 6.06. The quantitative estimate of drug-likeness (QED) is 0.529. The number of carbonyl (C=O) groups is 3. The minimum atomic E-state index is -4.79. The van der Waals surface area contributed by atoms with Crippen LogP contribution in [0.2, 0.25) is 0 Å². The Balaban J connectivity index is 1.48. The predicted molar refractivity (Wildman–Crippen MR) is 129 cm³/mol. The number of halogens is 3. The van der Waals surface area contributed by atoms with Gasteiger partial charge in [0.25, 0.3) is 5.91 Å². The Morgan fingerprint density at radius 2 is 1.69 bits per heavy atom. The Morgan fingerprint density at radius 1 is 1.06 bits per heavy atom. The van der Waals surface area contributed by atoms with Crippen molar-refractivity contribution in [2.45, 2.75) is 59.1 Å². The zero-order valence-corrected chi connectivity index (χ0v) is 20.9. The van der Waals surface area contributed by atoms with Crippen LogP contribution >= 0.6 is 0 Å². The molecule has 2 aromatic rings. The highest BCUT2D eigenvalue weighted by atomic mass is 19.4. The number of ketones is 1. The fraction of sp³-hybridized carbons (Fsp3) is 0.538. The molecule has 0 aliphatic carbocycles. The van der Waals surface area contributed by atoms with Crippen molar-refractivity contribution in [3.8, 4) is 5.69 Å². The molecule has 1 aliphatic rings. The summed E-state index contributed by atoms with van der Waals surface area (Å²) in [5.74, 6) is -0.868. The van der Waals surface area contributed by atoms with E-state index in [1.807, 2.05) is 25.7 Å². The number of hydrogen-bond donors (Lipinski definition) is 1. The summed E-state index contributed by atoms with van der Waals surface area (Å²) >= 11 is 0. The average Bonchev–Trinajstić information content (AvgIpc) is 3.28. The van der Waals surface area contributed by atoms with Crippen molar-refractivity contribution in [3.63, 3.8) is 0 Å². The van der Waals surface area contributed by atoms with Crippen LogP contribution in [0.3, 0.4) is 0 Å². The second kappa shape index (κ2) is 11.3. The minimum absolute atomic E-state index is 0.0556. The van der Waals surface area contributed by atoms with Crippen LogP contribution in [0.25, 0.3) is 5.69 Å². The molecule has 1 N–H and O–H groups in total. The molecule has 1 fully saturated rings. The van der Waals surface area contributed by atoms with Gasteiger partial charge in [0.15, 0.2) is 5.69 Å². The summed E-state index contributed by atoms with van der Waals surface area (Å²) in [5.41, 5.74) is -1.51. The molecule has 10 heteroatoms. The highest BCUT2D eigenvalue weighted by molar-refractivity contribution is 5.95. The van der Waals surface area contributed by atoms with E-state index in [-0.39, 0.29) is 36.0 Å². The molecule has 1 aliphatic heterocycles. The Kier molecular flexibility index (Phi) is 8.58. The van der Waals surface area contributed by atoms with Gasteiger partial charge in [-0.3, -0.25) is 14.4 Å². The van der Waals surface area contributed by atoms with Crippen LogP contribution in [0.4, 0.5) is 13.2 Å². The van der Waals surface area contributed by atoms with Gasteiger partial charge in [0.05, 0.1) is 11.3 Å². The number of alkyl halides is 3. The lowest BCUT2D eigenvalue weighted by Gasteiger charge is -2.33. The Labute approximate surface area is 209 Å². The molecule has 0 saturated carbocycles. The fourth-order valence-corrected chi connectivity index (χ4v) is 4.24. The van der Waals surface area contributed by atoms with Gasteiger partial charge in [-0.25, -0.2) is 4.68 Å². The first-order chi connectivity index (χ1) is 16.8. The third-order valence-electron chi connectivity index (χ3n) is 6.12. The van der Waals surface area contributed by atoms with Gasteiger partial charge in [-0.05, 0) is 36.8 Å². The number of aromatic nitrogens is 2. The summed E-state index contributed by atoms with van der Waals surface area (Å²) in [4.78, 5) is 39.3. The van der Waals surface area contributed by atoms with Crippen LogP contribution in [0, 0.1) is 11.3 Å². The minimum Gasteiger partial charge on any atom is -0.352 e. The highest BCUT2D eigenvalue weighted by Gasteiger charge is 2.39. The molecule has 1 aromatic carbocycles. The van der Waals surface area contributed by atoms with Gasteiger partial charge in [-0.2, -0.15) is 18.3 Å². The molecule has 0 unspecified atom stereocenters. The monoisotopic (exact) mass is 506 g/mol. The SMILES string of the molecule is CC(C)(C)CC(=O)N1CCC(C(=O)CCCNC(=O)c2cn(-c3ccccc3)nc2C(F)(F)F)CC1. The fourth-order valence-electron chi connectivity index (χ4n) is 4.24. The maximum absolute atomic E-state index is 13.5. The van der Waals surface area contributed by atoms with E-state index >= 15 is 0 Å². The first kappa shape index (κ1) is 27.4. The molecule has 36 heavy (non-hydrogen) atoms. The number of piperidine rings is 1. The predicted octanol–water partition coefficient (Wildman–Crippen LogP) is 4.65. The Bertz CT molecular complexity index is 1070. The van der Waals surface area contributed by atoms with Crippen molar-refractivity contribution in [2.24, 2.45) is 11.3 Å². The Morgan fingerprint density at radius 3 is 2.28 bits per heavy atom. The summed E-state index contributed by atoms with van der Waals surface area (Å²) < 4.78 is 41.4. The maximum atomic E-state index is 13.5. The summed E-state index contributed by atoms with van der Waals surface area (Å²) in [6.07, 6.45) is -1.51. The van der Waals surface area contributed by atoms with E-state index in [0.29, 0.717) is 44.5 Å². The van der Waals surface area contributed by atoms with Crippen LogP contribution in [0.1, 0.15) is 68.9 Å². The van der Waals surface area contributed by atoms with Crippen LogP contribution in [0.5, 0.6) is 0 Å². The van der Waals surface area contributed by atoms with Crippen molar-refractivity contribution in [1.29, 1.82) is 0 Å². The zero-order valence-electron chi connectivity index (χ0n) is 20.9. The molecule has 196 valence electrons. The second-order valence-corrected chi connectivity index (χ2v) is 10.4. The largest absolute Gasteiger partial charge is 0.435 e.